The highest BCUT2D eigenvalue weighted by Crippen LogP contribution is 2.09. The van der Waals surface area contributed by atoms with Gasteiger partial charge in [0.25, 0.3) is 0 Å². The third kappa shape index (κ3) is 5.16. The van der Waals surface area contributed by atoms with Crippen LogP contribution in [0.3, 0.4) is 0 Å². The lowest BCUT2D eigenvalue weighted by atomic mass is 10.2. The molecule has 0 aliphatic heterocycles. The minimum Gasteiger partial charge on any atom is -0.399 e. The molecule has 1 rings (SSSR count). The zero-order chi connectivity index (χ0) is 12.9. The minimum atomic E-state index is -3.34. The van der Waals surface area contributed by atoms with Gasteiger partial charge in [-0.2, -0.15) is 0 Å². The molecule has 1 atom stereocenters. The van der Waals surface area contributed by atoms with Gasteiger partial charge < -0.3 is 10.5 Å². The second kappa shape index (κ2) is 6.00. The Labute approximate surface area is 102 Å². The molecule has 5 nitrogen and oxygen atoms in total. The molecule has 0 amide bonds. The summed E-state index contributed by atoms with van der Waals surface area (Å²) in [4.78, 5) is 0. The molecule has 0 aliphatic rings. The maximum Gasteiger partial charge on any atom is 0.215 e. The Balaban J connectivity index is 2.61. The number of hydrogen-bond donors (Lipinski definition) is 2. The molecule has 0 fully saturated rings. The number of nitrogens with one attached hydrogen (secondary N) is 1. The fraction of sp³-hybridized carbons (Fsp3) is 0.455. The van der Waals surface area contributed by atoms with E-state index >= 15 is 0 Å². The number of anilines is 1. The number of benzene rings is 1. The van der Waals surface area contributed by atoms with Crippen LogP contribution in [0.25, 0.3) is 0 Å². The van der Waals surface area contributed by atoms with Crippen molar-refractivity contribution >= 4 is 15.7 Å². The van der Waals surface area contributed by atoms with Crippen molar-refractivity contribution in [2.75, 3.05) is 19.4 Å². The van der Waals surface area contributed by atoms with Gasteiger partial charge in [0, 0.05) is 19.3 Å². The van der Waals surface area contributed by atoms with E-state index in [1.807, 2.05) is 0 Å². The summed E-state index contributed by atoms with van der Waals surface area (Å²) in [6.45, 7) is 2.06. The first-order valence-electron chi connectivity index (χ1n) is 5.27. The van der Waals surface area contributed by atoms with E-state index in [0.29, 0.717) is 11.3 Å². The number of sulfonamides is 1. The van der Waals surface area contributed by atoms with Crippen LogP contribution in [-0.2, 0) is 20.5 Å². The molecule has 1 aromatic rings. The van der Waals surface area contributed by atoms with E-state index in [0.717, 1.165) is 0 Å². The van der Waals surface area contributed by atoms with Gasteiger partial charge >= 0.3 is 0 Å². The fourth-order valence-corrected chi connectivity index (χ4v) is 2.49. The molecule has 0 heterocycles. The normalized spacial score (nSPS) is 13.5. The molecule has 96 valence electrons. The minimum absolute atomic E-state index is 0.0749. The Bertz CT molecular complexity index is 460. The molecule has 0 aromatic heterocycles. The Morgan fingerprint density at radius 2 is 2.18 bits per heavy atom. The van der Waals surface area contributed by atoms with Crippen molar-refractivity contribution in [1.29, 1.82) is 0 Å². The molecular formula is C11H18N2O3S. The molecule has 1 unspecified atom stereocenters. The highest BCUT2D eigenvalue weighted by atomic mass is 32.2. The zero-order valence-electron chi connectivity index (χ0n) is 10.0. The maximum absolute atomic E-state index is 11.7. The van der Waals surface area contributed by atoms with Crippen LogP contribution >= 0.6 is 0 Å². The van der Waals surface area contributed by atoms with Crippen molar-refractivity contribution in [3.63, 3.8) is 0 Å². The highest BCUT2D eigenvalue weighted by Gasteiger charge is 2.12. The van der Waals surface area contributed by atoms with Crippen LogP contribution in [-0.4, -0.2) is 28.2 Å². The van der Waals surface area contributed by atoms with Crippen molar-refractivity contribution in [2.45, 2.75) is 18.8 Å². The van der Waals surface area contributed by atoms with E-state index in [1.165, 1.54) is 7.11 Å². The molecule has 3 N–H and O–H groups in total. The van der Waals surface area contributed by atoms with E-state index < -0.39 is 10.0 Å². The first-order valence-corrected chi connectivity index (χ1v) is 6.93. The third-order valence-electron chi connectivity index (χ3n) is 2.30. The SMILES string of the molecule is COC(C)CNS(=O)(=O)Cc1cccc(N)c1. The molecule has 0 aliphatic carbocycles. The third-order valence-corrected chi connectivity index (χ3v) is 3.62. The second-order valence-corrected chi connectivity index (χ2v) is 5.71. The van der Waals surface area contributed by atoms with Gasteiger partial charge in [-0.3, -0.25) is 0 Å². The first-order chi connectivity index (χ1) is 7.93. The molecule has 1 aromatic carbocycles. The van der Waals surface area contributed by atoms with Crippen LogP contribution in [0.2, 0.25) is 0 Å². The number of methoxy groups -OCH3 is 1. The van der Waals surface area contributed by atoms with E-state index in [1.54, 1.807) is 31.2 Å². The Hall–Kier alpha value is -1.11. The molecule has 0 spiro atoms. The summed E-state index contributed by atoms with van der Waals surface area (Å²) in [6, 6.07) is 6.84. The van der Waals surface area contributed by atoms with Crippen LogP contribution in [0.5, 0.6) is 0 Å². The maximum atomic E-state index is 11.7. The molecule has 0 bridgehead atoms. The molecule has 0 saturated heterocycles. The van der Waals surface area contributed by atoms with E-state index in [-0.39, 0.29) is 18.4 Å². The van der Waals surface area contributed by atoms with Gasteiger partial charge in [0.2, 0.25) is 10.0 Å². The molecule has 0 saturated carbocycles. The summed E-state index contributed by atoms with van der Waals surface area (Å²) < 4.78 is 30.9. The van der Waals surface area contributed by atoms with Gasteiger partial charge in [0.05, 0.1) is 11.9 Å². The predicted octanol–water partition coefficient (Wildman–Crippen LogP) is 0.723. The van der Waals surface area contributed by atoms with Gasteiger partial charge in [-0.15, -0.1) is 0 Å². The van der Waals surface area contributed by atoms with E-state index in [2.05, 4.69) is 4.72 Å². The average molecular weight is 258 g/mol. The first kappa shape index (κ1) is 14.0. The molecule has 0 radical (unpaired) electrons. The monoisotopic (exact) mass is 258 g/mol. The number of hydrogen-bond acceptors (Lipinski definition) is 4. The fourth-order valence-electron chi connectivity index (χ4n) is 1.28. The Morgan fingerprint density at radius 1 is 1.47 bits per heavy atom. The van der Waals surface area contributed by atoms with Crippen LogP contribution in [0.1, 0.15) is 12.5 Å². The summed E-state index contributed by atoms with van der Waals surface area (Å²) in [5.74, 6) is -0.0749. The summed E-state index contributed by atoms with van der Waals surface area (Å²) in [7, 11) is -1.80. The predicted molar refractivity (Wildman–Crippen MR) is 68.0 cm³/mol. The smallest absolute Gasteiger partial charge is 0.215 e. The number of nitrogens with two attached hydrogens (primary N) is 1. The van der Waals surface area contributed by atoms with Gasteiger partial charge in [-0.25, -0.2) is 13.1 Å². The van der Waals surface area contributed by atoms with Crippen LogP contribution in [0.15, 0.2) is 24.3 Å². The summed E-state index contributed by atoms with van der Waals surface area (Å²) >= 11 is 0. The lowest BCUT2D eigenvalue weighted by Crippen LogP contribution is -2.32. The molecule has 6 heteroatoms. The number of ether oxygens (including phenoxy) is 1. The van der Waals surface area contributed by atoms with Gasteiger partial charge in [0.15, 0.2) is 0 Å². The summed E-state index contributed by atoms with van der Waals surface area (Å²) in [6.07, 6.45) is -0.148. The molecule has 17 heavy (non-hydrogen) atoms. The standard InChI is InChI=1S/C11H18N2O3S/c1-9(16-2)7-13-17(14,15)8-10-4-3-5-11(12)6-10/h3-6,9,13H,7-8,12H2,1-2H3. The molecular weight excluding hydrogens is 240 g/mol. The Morgan fingerprint density at radius 3 is 2.76 bits per heavy atom. The van der Waals surface area contributed by atoms with Crippen LogP contribution in [0, 0.1) is 0 Å². The Kier molecular flexibility index (Phi) is 4.92. The van der Waals surface area contributed by atoms with Gasteiger partial charge in [0.1, 0.15) is 0 Å². The summed E-state index contributed by atoms with van der Waals surface area (Å²) in [5.41, 5.74) is 6.81. The second-order valence-electron chi connectivity index (χ2n) is 3.90. The van der Waals surface area contributed by atoms with Crippen molar-refractivity contribution in [2.24, 2.45) is 0 Å². The van der Waals surface area contributed by atoms with Crippen molar-refractivity contribution < 1.29 is 13.2 Å². The largest absolute Gasteiger partial charge is 0.399 e. The van der Waals surface area contributed by atoms with Crippen molar-refractivity contribution in [3.05, 3.63) is 29.8 Å². The quantitative estimate of drug-likeness (QED) is 0.737. The lowest BCUT2D eigenvalue weighted by Gasteiger charge is -2.11. The van der Waals surface area contributed by atoms with Crippen molar-refractivity contribution in [3.8, 4) is 0 Å². The van der Waals surface area contributed by atoms with Crippen LogP contribution < -0.4 is 10.5 Å². The topological polar surface area (TPSA) is 81.4 Å². The number of nitrogen functional groups attached to an aromatic ring is 1. The summed E-state index contributed by atoms with van der Waals surface area (Å²) in [5, 5.41) is 0. The average Bonchev–Trinajstić information content (AvgIpc) is 2.25. The van der Waals surface area contributed by atoms with E-state index in [4.69, 9.17) is 10.5 Å². The highest BCUT2D eigenvalue weighted by molar-refractivity contribution is 7.88. The van der Waals surface area contributed by atoms with Crippen molar-refractivity contribution in [1.82, 2.24) is 4.72 Å². The lowest BCUT2D eigenvalue weighted by molar-refractivity contribution is 0.122. The van der Waals surface area contributed by atoms with Gasteiger partial charge in [-0.05, 0) is 24.6 Å². The van der Waals surface area contributed by atoms with E-state index in [9.17, 15) is 8.42 Å². The van der Waals surface area contributed by atoms with Crippen LogP contribution in [0.4, 0.5) is 5.69 Å². The zero-order valence-corrected chi connectivity index (χ0v) is 10.8. The number of rotatable bonds is 6. The van der Waals surface area contributed by atoms with Gasteiger partial charge in [-0.1, -0.05) is 12.1 Å².